The number of nitrogen functional groups attached to an aromatic ring is 1. The molecule has 0 saturated carbocycles. The van der Waals surface area contributed by atoms with Crippen LogP contribution in [0.1, 0.15) is 24.2 Å². The van der Waals surface area contributed by atoms with Crippen LogP contribution < -0.4 is 5.73 Å². The Hall–Kier alpha value is -1.16. The van der Waals surface area contributed by atoms with Crippen LogP contribution in [-0.4, -0.2) is 21.9 Å². The van der Waals surface area contributed by atoms with Crippen molar-refractivity contribution in [2.24, 2.45) is 0 Å². The Morgan fingerprint density at radius 1 is 1.58 bits per heavy atom. The largest absolute Gasteiger partial charge is 0.383 e. The summed E-state index contributed by atoms with van der Waals surface area (Å²) in [6, 6.07) is 0.348. The van der Waals surface area contributed by atoms with Crippen molar-refractivity contribution in [2.45, 2.75) is 19.5 Å². The first-order valence-corrected chi connectivity index (χ1v) is 3.99. The molecule has 1 aromatic rings. The fourth-order valence-corrected chi connectivity index (χ4v) is 1.62. The second-order valence-electron chi connectivity index (χ2n) is 3.21. The van der Waals surface area contributed by atoms with E-state index < -0.39 is 0 Å². The van der Waals surface area contributed by atoms with Gasteiger partial charge in [-0.3, -0.25) is 4.90 Å². The van der Waals surface area contributed by atoms with E-state index in [4.69, 9.17) is 5.73 Å². The van der Waals surface area contributed by atoms with Crippen molar-refractivity contribution < 1.29 is 0 Å². The van der Waals surface area contributed by atoms with Crippen LogP contribution in [0.5, 0.6) is 0 Å². The molecule has 1 aromatic heterocycles. The fourth-order valence-electron chi connectivity index (χ4n) is 1.62. The fraction of sp³-hybridized carbons (Fsp3) is 0.500. The molecule has 1 unspecified atom stereocenters. The topological polar surface area (TPSA) is 55.0 Å². The van der Waals surface area contributed by atoms with Gasteiger partial charge in [0.1, 0.15) is 12.1 Å². The minimum absolute atomic E-state index is 0.348. The Kier molecular flexibility index (Phi) is 1.51. The summed E-state index contributed by atoms with van der Waals surface area (Å²) < 4.78 is 0. The van der Waals surface area contributed by atoms with Gasteiger partial charge < -0.3 is 5.73 Å². The number of anilines is 1. The van der Waals surface area contributed by atoms with E-state index in [1.54, 1.807) is 0 Å². The van der Waals surface area contributed by atoms with Gasteiger partial charge in [-0.25, -0.2) is 9.97 Å². The van der Waals surface area contributed by atoms with Gasteiger partial charge in [0, 0.05) is 18.2 Å². The molecule has 0 spiro atoms. The van der Waals surface area contributed by atoms with E-state index in [2.05, 4.69) is 28.8 Å². The summed E-state index contributed by atoms with van der Waals surface area (Å²) in [7, 11) is 2.06. The summed E-state index contributed by atoms with van der Waals surface area (Å²) in [6.07, 6.45) is 1.53. The van der Waals surface area contributed by atoms with Crippen LogP contribution in [-0.2, 0) is 6.54 Å². The Morgan fingerprint density at radius 3 is 3.00 bits per heavy atom. The Morgan fingerprint density at radius 2 is 2.33 bits per heavy atom. The molecular formula is C8H12N4. The van der Waals surface area contributed by atoms with Crippen LogP contribution in [0.25, 0.3) is 0 Å². The highest BCUT2D eigenvalue weighted by molar-refractivity contribution is 5.45. The molecule has 0 amide bonds. The predicted octanol–water partition coefficient (Wildman–Crippen LogP) is 0.565. The Balaban J connectivity index is 2.55. The van der Waals surface area contributed by atoms with Gasteiger partial charge >= 0.3 is 0 Å². The van der Waals surface area contributed by atoms with Gasteiger partial charge in [0.25, 0.3) is 0 Å². The highest BCUT2D eigenvalue weighted by Crippen LogP contribution is 2.32. The van der Waals surface area contributed by atoms with Crippen molar-refractivity contribution in [3.63, 3.8) is 0 Å². The highest BCUT2D eigenvalue weighted by atomic mass is 15.2. The minimum Gasteiger partial charge on any atom is -0.383 e. The van der Waals surface area contributed by atoms with Crippen molar-refractivity contribution in [2.75, 3.05) is 12.8 Å². The van der Waals surface area contributed by atoms with Crippen LogP contribution in [0.4, 0.5) is 5.82 Å². The first-order chi connectivity index (χ1) is 5.70. The summed E-state index contributed by atoms with van der Waals surface area (Å²) >= 11 is 0. The molecule has 0 radical (unpaired) electrons. The molecule has 64 valence electrons. The summed E-state index contributed by atoms with van der Waals surface area (Å²) in [5.74, 6) is 0.622. The van der Waals surface area contributed by atoms with E-state index in [0.29, 0.717) is 11.9 Å². The molecule has 0 fully saturated rings. The zero-order chi connectivity index (χ0) is 8.72. The number of nitrogens with zero attached hydrogens (tertiary/aromatic N) is 3. The SMILES string of the molecule is CC1c2c(N)ncnc2CN1C. The lowest BCUT2D eigenvalue weighted by Gasteiger charge is -2.14. The normalized spacial score (nSPS) is 22.7. The molecule has 1 atom stereocenters. The lowest BCUT2D eigenvalue weighted by Crippen LogP contribution is -2.13. The third-order valence-corrected chi connectivity index (χ3v) is 2.48. The minimum atomic E-state index is 0.348. The molecule has 0 saturated heterocycles. The van der Waals surface area contributed by atoms with E-state index >= 15 is 0 Å². The number of nitrogens with two attached hydrogens (primary N) is 1. The van der Waals surface area contributed by atoms with Crippen molar-refractivity contribution >= 4 is 5.82 Å². The van der Waals surface area contributed by atoms with Crippen LogP contribution in [0.3, 0.4) is 0 Å². The highest BCUT2D eigenvalue weighted by Gasteiger charge is 2.27. The molecule has 12 heavy (non-hydrogen) atoms. The van der Waals surface area contributed by atoms with Crippen LogP contribution in [0, 0.1) is 0 Å². The van der Waals surface area contributed by atoms with Gasteiger partial charge in [0.15, 0.2) is 0 Å². The molecule has 2 rings (SSSR count). The van der Waals surface area contributed by atoms with E-state index in [-0.39, 0.29) is 0 Å². The predicted molar refractivity (Wildman–Crippen MR) is 46.3 cm³/mol. The van der Waals surface area contributed by atoms with Gasteiger partial charge in [-0.15, -0.1) is 0 Å². The third-order valence-electron chi connectivity index (χ3n) is 2.48. The summed E-state index contributed by atoms with van der Waals surface area (Å²) in [5.41, 5.74) is 7.91. The third kappa shape index (κ3) is 0.881. The van der Waals surface area contributed by atoms with Crippen molar-refractivity contribution in [1.29, 1.82) is 0 Å². The van der Waals surface area contributed by atoms with Gasteiger partial charge in [0.2, 0.25) is 0 Å². The number of hydrogen-bond acceptors (Lipinski definition) is 4. The van der Waals surface area contributed by atoms with Gasteiger partial charge in [-0.05, 0) is 14.0 Å². The maximum absolute atomic E-state index is 5.75. The standard InChI is InChI=1S/C8H12N4/c1-5-7-6(3-12(5)2)10-4-11-8(7)9/h4-5H,3H2,1-2H3,(H2,9,10,11). The lowest BCUT2D eigenvalue weighted by atomic mass is 10.1. The van der Waals surface area contributed by atoms with E-state index in [1.165, 1.54) is 6.33 Å². The average molecular weight is 164 g/mol. The van der Waals surface area contributed by atoms with Gasteiger partial charge in [0.05, 0.1) is 5.69 Å². The number of rotatable bonds is 0. The molecule has 0 aromatic carbocycles. The van der Waals surface area contributed by atoms with Crippen molar-refractivity contribution in [3.05, 3.63) is 17.6 Å². The summed E-state index contributed by atoms with van der Waals surface area (Å²) in [4.78, 5) is 10.4. The van der Waals surface area contributed by atoms with Crippen molar-refractivity contribution in [1.82, 2.24) is 14.9 Å². The average Bonchev–Trinajstić information content (AvgIpc) is 2.29. The molecule has 2 heterocycles. The van der Waals surface area contributed by atoms with E-state index in [0.717, 1.165) is 17.8 Å². The molecular weight excluding hydrogens is 152 g/mol. The molecule has 0 aliphatic carbocycles. The molecule has 4 nitrogen and oxygen atoms in total. The zero-order valence-corrected chi connectivity index (χ0v) is 7.28. The number of hydrogen-bond donors (Lipinski definition) is 1. The smallest absolute Gasteiger partial charge is 0.131 e. The Bertz CT molecular complexity index is 310. The van der Waals surface area contributed by atoms with Crippen molar-refractivity contribution in [3.8, 4) is 0 Å². The number of fused-ring (bicyclic) bond motifs is 1. The van der Waals surface area contributed by atoms with Gasteiger partial charge in [-0.2, -0.15) is 0 Å². The van der Waals surface area contributed by atoms with E-state index in [9.17, 15) is 0 Å². The molecule has 2 N–H and O–H groups in total. The molecule has 1 aliphatic heterocycles. The zero-order valence-electron chi connectivity index (χ0n) is 7.28. The molecule has 0 bridgehead atoms. The summed E-state index contributed by atoms with van der Waals surface area (Å²) in [6.45, 7) is 2.99. The monoisotopic (exact) mass is 164 g/mol. The lowest BCUT2D eigenvalue weighted by molar-refractivity contribution is 0.285. The van der Waals surface area contributed by atoms with E-state index in [1.807, 2.05) is 0 Å². The first kappa shape index (κ1) is 7.49. The van der Waals surface area contributed by atoms with Gasteiger partial charge in [-0.1, -0.05) is 0 Å². The second kappa shape index (κ2) is 2.42. The Labute approximate surface area is 71.4 Å². The summed E-state index contributed by atoms with van der Waals surface area (Å²) in [5, 5.41) is 0. The molecule has 1 aliphatic rings. The van der Waals surface area contributed by atoms with Crippen LogP contribution in [0.15, 0.2) is 6.33 Å². The number of aromatic nitrogens is 2. The quantitative estimate of drug-likeness (QED) is 0.609. The second-order valence-corrected chi connectivity index (χ2v) is 3.21. The van der Waals surface area contributed by atoms with Crippen LogP contribution >= 0.6 is 0 Å². The van der Waals surface area contributed by atoms with Crippen LogP contribution in [0.2, 0.25) is 0 Å². The molecule has 4 heteroatoms. The maximum Gasteiger partial charge on any atom is 0.131 e. The maximum atomic E-state index is 5.75. The first-order valence-electron chi connectivity index (χ1n) is 3.99.